The smallest absolute Gasteiger partial charge is 0.181 e. The second-order valence-corrected chi connectivity index (χ2v) is 2.87. The van der Waals surface area contributed by atoms with Crippen molar-refractivity contribution >= 4 is 5.65 Å². The largest absolute Gasteiger partial charge is 0.235 e. The van der Waals surface area contributed by atoms with Crippen LogP contribution in [0, 0.1) is 0 Å². The molecule has 0 saturated heterocycles. The highest BCUT2D eigenvalue weighted by Gasteiger charge is 2.05. The second kappa shape index (κ2) is 2.66. The topological polar surface area (TPSA) is 48.0 Å². The molecule has 0 aromatic carbocycles. The molecule has 0 N–H and O–H groups in total. The second-order valence-electron chi connectivity index (χ2n) is 2.87. The fraction of sp³-hybridized carbons (Fsp3) is 0. The van der Waals surface area contributed by atoms with Gasteiger partial charge in [-0.15, -0.1) is 0 Å². The summed E-state index contributed by atoms with van der Waals surface area (Å²) in [5.74, 6) is 0. The quantitative estimate of drug-likeness (QED) is 0.566. The van der Waals surface area contributed by atoms with E-state index in [-0.39, 0.29) is 0 Å². The molecule has 0 spiro atoms. The lowest BCUT2D eigenvalue weighted by Gasteiger charge is -1.96. The molecule has 0 aliphatic carbocycles. The molecule has 0 atom stereocenters. The average molecular weight is 185 g/mol. The molecule has 0 saturated carbocycles. The van der Waals surface area contributed by atoms with Gasteiger partial charge in [-0.3, -0.25) is 0 Å². The molecule has 0 aliphatic rings. The van der Waals surface area contributed by atoms with Gasteiger partial charge in [0.25, 0.3) is 0 Å². The van der Waals surface area contributed by atoms with Crippen molar-refractivity contribution < 1.29 is 0 Å². The Kier molecular flexibility index (Phi) is 1.38. The Morgan fingerprint density at radius 1 is 1.00 bits per heavy atom. The summed E-state index contributed by atoms with van der Waals surface area (Å²) < 4.78 is 3.46. The first-order chi connectivity index (χ1) is 6.95. The van der Waals surface area contributed by atoms with E-state index < -0.39 is 0 Å². The minimum absolute atomic E-state index is 0.802. The lowest BCUT2D eigenvalue weighted by molar-refractivity contribution is 0.884. The predicted octanol–water partition coefficient (Wildman–Crippen LogP) is 0.915. The fourth-order valence-corrected chi connectivity index (χ4v) is 1.39. The highest BCUT2D eigenvalue weighted by Crippen LogP contribution is 2.10. The third-order valence-electron chi connectivity index (χ3n) is 2.01. The van der Waals surface area contributed by atoms with Crippen molar-refractivity contribution in [3.63, 3.8) is 0 Å². The van der Waals surface area contributed by atoms with E-state index in [4.69, 9.17) is 0 Å². The molecule has 0 aliphatic heterocycles. The van der Waals surface area contributed by atoms with E-state index in [1.807, 2.05) is 24.5 Å². The molecule has 5 heteroatoms. The first kappa shape index (κ1) is 7.25. The number of rotatable bonds is 1. The Bertz CT molecular complexity index is 551. The van der Waals surface area contributed by atoms with Crippen LogP contribution in [0.5, 0.6) is 0 Å². The lowest BCUT2D eigenvalue weighted by Crippen LogP contribution is -1.95. The van der Waals surface area contributed by atoms with Crippen LogP contribution in [0.3, 0.4) is 0 Å². The molecule has 0 radical (unpaired) electrons. The molecule has 68 valence electrons. The maximum atomic E-state index is 4.24. The molecule has 0 fully saturated rings. The van der Waals surface area contributed by atoms with Gasteiger partial charge in [-0.05, 0) is 12.1 Å². The van der Waals surface area contributed by atoms with E-state index in [2.05, 4.69) is 15.2 Å². The zero-order valence-corrected chi connectivity index (χ0v) is 7.28. The van der Waals surface area contributed by atoms with Gasteiger partial charge in [0.05, 0.1) is 6.20 Å². The van der Waals surface area contributed by atoms with Crippen molar-refractivity contribution in [1.29, 1.82) is 0 Å². The van der Waals surface area contributed by atoms with E-state index in [9.17, 15) is 0 Å². The van der Waals surface area contributed by atoms with Crippen LogP contribution in [0.2, 0.25) is 0 Å². The molecular weight excluding hydrogens is 178 g/mol. The van der Waals surface area contributed by atoms with E-state index in [0.29, 0.717) is 0 Å². The van der Waals surface area contributed by atoms with Crippen LogP contribution >= 0.6 is 0 Å². The molecule has 5 nitrogen and oxygen atoms in total. The van der Waals surface area contributed by atoms with Gasteiger partial charge in [-0.1, -0.05) is 0 Å². The molecule has 0 amide bonds. The summed E-state index contributed by atoms with van der Waals surface area (Å²) in [6.07, 6.45) is 8.94. The fourth-order valence-electron chi connectivity index (χ4n) is 1.39. The van der Waals surface area contributed by atoms with E-state index in [1.165, 1.54) is 0 Å². The third kappa shape index (κ3) is 0.922. The minimum Gasteiger partial charge on any atom is -0.235 e. The van der Waals surface area contributed by atoms with E-state index >= 15 is 0 Å². The van der Waals surface area contributed by atoms with Crippen LogP contribution in [-0.2, 0) is 0 Å². The Labute approximate surface area is 79.6 Å². The van der Waals surface area contributed by atoms with Crippen molar-refractivity contribution in [1.82, 2.24) is 24.4 Å². The first-order valence-corrected chi connectivity index (χ1v) is 4.23. The first-order valence-electron chi connectivity index (χ1n) is 4.23. The number of hydrogen-bond donors (Lipinski definition) is 0. The summed E-state index contributed by atoms with van der Waals surface area (Å²) in [5.41, 5.74) is 1.69. The van der Waals surface area contributed by atoms with Gasteiger partial charge >= 0.3 is 0 Å². The highest BCUT2D eigenvalue weighted by molar-refractivity contribution is 5.56. The molecule has 3 aromatic rings. The maximum Gasteiger partial charge on any atom is 0.181 e. The molecule has 3 aromatic heterocycles. The monoisotopic (exact) mass is 185 g/mol. The number of fused-ring (bicyclic) bond motifs is 1. The molecule has 3 rings (SSSR count). The van der Waals surface area contributed by atoms with Gasteiger partial charge in [0.2, 0.25) is 0 Å². The van der Waals surface area contributed by atoms with Crippen LogP contribution < -0.4 is 0 Å². The molecule has 14 heavy (non-hydrogen) atoms. The van der Waals surface area contributed by atoms with Gasteiger partial charge in [0, 0.05) is 24.8 Å². The minimum atomic E-state index is 0.802. The van der Waals surface area contributed by atoms with Crippen molar-refractivity contribution in [2.24, 2.45) is 0 Å². The van der Waals surface area contributed by atoms with E-state index in [0.717, 1.165) is 11.3 Å². The Morgan fingerprint density at radius 2 is 1.93 bits per heavy atom. The normalized spacial score (nSPS) is 10.9. The van der Waals surface area contributed by atoms with Gasteiger partial charge in [-0.25, -0.2) is 14.2 Å². The zero-order chi connectivity index (χ0) is 9.38. The van der Waals surface area contributed by atoms with Gasteiger partial charge in [0.15, 0.2) is 5.65 Å². The van der Waals surface area contributed by atoms with Crippen LogP contribution in [-0.4, -0.2) is 24.4 Å². The molecule has 0 unspecified atom stereocenters. The summed E-state index contributed by atoms with van der Waals surface area (Å²) in [6.45, 7) is 0. The SMILES string of the molecule is c1cnn(-c2cnn3cccnc23)c1. The predicted molar refractivity (Wildman–Crippen MR) is 50.1 cm³/mol. The summed E-state index contributed by atoms with van der Waals surface area (Å²) in [7, 11) is 0. The summed E-state index contributed by atoms with van der Waals surface area (Å²) in [5, 5.41) is 8.30. The van der Waals surface area contributed by atoms with Crippen LogP contribution in [0.25, 0.3) is 11.3 Å². The third-order valence-corrected chi connectivity index (χ3v) is 2.01. The van der Waals surface area contributed by atoms with Crippen molar-refractivity contribution in [3.05, 3.63) is 43.1 Å². The summed E-state index contributed by atoms with van der Waals surface area (Å²) in [6, 6.07) is 3.71. The van der Waals surface area contributed by atoms with Crippen LogP contribution in [0.1, 0.15) is 0 Å². The highest BCUT2D eigenvalue weighted by atomic mass is 15.3. The van der Waals surface area contributed by atoms with Gasteiger partial charge in [-0.2, -0.15) is 10.2 Å². The van der Waals surface area contributed by atoms with Gasteiger partial charge < -0.3 is 0 Å². The maximum absolute atomic E-state index is 4.24. The zero-order valence-electron chi connectivity index (χ0n) is 7.28. The van der Waals surface area contributed by atoms with Crippen LogP contribution in [0.4, 0.5) is 0 Å². The Morgan fingerprint density at radius 3 is 2.79 bits per heavy atom. The van der Waals surface area contributed by atoms with Crippen molar-refractivity contribution in [2.75, 3.05) is 0 Å². The van der Waals surface area contributed by atoms with Crippen LogP contribution in [0.15, 0.2) is 43.1 Å². The molecular formula is C9H7N5. The Hall–Kier alpha value is -2.17. The van der Waals surface area contributed by atoms with Gasteiger partial charge in [0.1, 0.15) is 5.69 Å². The van der Waals surface area contributed by atoms with E-state index in [1.54, 1.807) is 27.8 Å². The lowest BCUT2D eigenvalue weighted by atomic mass is 10.5. The number of aromatic nitrogens is 5. The van der Waals surface area contributed by atoms with Crippen molar-refractivity contribution in [3.8, 4) is 5.69 Å². The summed E-state index contributed by atoms with van der Waals surface area (Å²) in [4.78, 5) is 4.24. The number of hydrogen-bond acceptors (Lipinski definition) is 3. The number of nitrogens with zero attached hydrogens (tertiary/aromatic N) is 5. The standard InChI is InChI=1S/C9H7N5/c1-3-10-9-8(7-12-14(9)6-1)13-5-2-4-11-13/h1-7H. The van der Waals surface area contributed by atoms with Crippen molar-refractivity contribution in [2.45, 2.75) is 0 Å². The molecule has 3 heterocycles. The molecule has 0 bridgehead atoms. The summed E-state index contributed by atoms with van der Waals surface area (Å²) >= 11 is 0. The Balaban J connectivity index is 2.33. The average Bonchev–Trinajstić information content (AvgIpc) is 2.85.